The molecule has 1 rings (SSSR count). The molecule has 0 aromatic rings. The Hall–Kier alpha value is -0.840. The van der Waals surface area contributed by atoms with Gasteiger partial charge in [-0.3, -0.25) is 10.4 Å². The second-order valence-electron chi connectivity index (χ2n) is 3.27. The van der Waals surface area contributed by atoms with Crippen LogP contribution in [0.2, 0.25) is 0 Å². The second kappa shape index (κ2) is 5.14. The number of aliphatic imine (C=N–C) groups is 1. The van der Waals surface area contributed by atoms with Gasteiger partial charge in [0.15, 0.2) is 5.17 Å². The van der Waals surface area contributed by atoms with E-state index in [9.17, 15) is 4.39 Å². The lowest BCUT2D eigenvalue weighted by Gasteiger charge is -2.20. The van der Waals surface area contributed by atoms with Gasteiger partial charge in [-0.05, 0) is 5.92 Å². The lowest BCUT2D eigenvalue weighted by molar-refractivity contribution is 0.520. The van der Waals surface area contributed by atoms with Crippen molar-refractivity contribution in [2.75, 3.05) is 12.4 Å². The Bertz CT molecular complexity index is 275. The van der Waals surface area contributed by atoms with Crippen molar-refractivity contribution in [2.24, 2.45) is 22.6 Å². The van der Waals surface area contributed by atoms with Gasteiger partial charge in [0, 0.05) is 17.9 Å². The summed E-state index contributed by atoms with van der Waals surface area (Å²) in [6.45, 7) is 1.51. The highest BCUT2D eigenvalue weighted by Gasteiger charge is 2.18. The molecule has 0 aliphatic carbocycles. The molecular weight excluding hydrogens is 201 g/mol. The Balaban J connectivity index is 2.48. The third-order valence-electron chi connectivity index (χ3n) is 2.13. The summed E-state index contributed by atoms with van der Waals surface area (Å²) in [5.41, 5.74) is 5.74. The molecule has 78 valence electrons. The highest BCUT2D eigenvalue weighted by atomic mass is 32.2. The molecule has 0 saturated carbocycles. The van der Waals surface area contributed by atoms with Crippen LogP contribution < -0.4 is 5.73 Å². The highest BCUT2D eigenvalue weighted by Crippen LogP contribution is 2.22. The smallest absolute Gasteiger partial charge is 0.151 e. The molecule has 0 radical (unpaired) electrons. The minimum absolute atomic E-state index is 0.117. The van der Waals surface area contributed by atoms with Crippen LogP contribution in [0.25, 0.3) is 0 Å². The summed E-state index contributed by atoms with van der Waals surface area (Å²) in [5.74, 6) is 1.25. The molecule has 0 saturated heterocycles. The fourth-order valence-corrected chi connectivity index (χ4v) is 2.02. The Kier molecular flexibility index (Phi) is 4.13. The second-order valence-corrected chi connectivity index (χ2v) is 4.33. The minimum atomic E-state index is -0.507. The number of alkyl halides is 1. The van der Waals surface area contributed by atoms with E-state index in [0.29, 0.717) is 5.70 Å². The predicted molar refractivity (Wildman–Crippen MR) is 59.6 cm³/mol. The van der Waals surface area contributed by atoms with E-state index < -0.39 is 6.67 Å². The van der Waals surface area contributed by atoms with Crippen molar-refractivity contribution >= 4 is 23.1 Å². The zero-order chi connectivity index (χ0) is 10.6. The van der Waals surface area contributed by atoms with Gasteiger partial charge in [0.2, 0.25) is 0 Å². The Labute approximate surface area is 87.2 Å². The molecule has 1 heterocycles. The molecule has 2 atom stereocenters. The standard InChI is InChI=1S/C9H14FN3S/c1-6-2-8(3-10)13-4-7(6)5-14-9(11)12/h2,4,6-7H,3,5H2,1H3,(H3,11,12). The quantitative estimate of drug-likeness (QED) is 0.557. The summed E-state index contributed by atoms with van der Waals surface area (Å²) in [4.78, 5) is 3.99. The van der Waals surface area contributed by atoms with Crippen molar-refractivity contribution in [1.29, 1.82) is 5.41 Å². The number of halogens is 1. The van der Waals surface area contributed by atoms with Crippen LogP contribution in [0.5, 0.6) is 0 Å². The number of nitrogens with two attached hydrogens (primary N) is 1. The molecule has 1 aliphatic heterocycles. The molecule has 0 amide bonds. The summed E-state index contributed by atoms with van der Waals surface area (Å²) in [6, 6.07) is 0. The van der Waals surface area contributed by atoms with E-state index in [-0.39, 0.29) is 17.0 Å². The van der Waals surface area contributed by atoms with Gasteiger partial charge in [-0.15, -0.1) is 0 Å². The maximum absolute atomic E-state index is 12.3. The summed E-state index contributed by atoms with van der Waals surface area (Å²) in [5, 5.41) is 7.19. The molecule has 0 aromatic carbocycles. The van der Waals surface area contributed by atoms with Crippen LogP contribution in [0, 0.1) is 17.2 Å². The zero-order valence-corrected chi connectivity index (χ0v) is 8.85. The monoisotopic (exact) mass is 215 g/mol. The van der Waals surface area contributed by atoms with Crippen molar-refractivity contribution in [1.82, 2.24) is 0 Å². The van der Waals surface area contributed by atoms with E-state index in [1.165, 1.54) is 11.8 Å². The van der Waals surface area contributed by atoms with Crippen LogP contribution in [0.4, 0.5) is 4.39 Å². The third kappa shape index (κ3) is 3.14. The summed E-state index contributed by atoms with van der Waals surface area (Å²) < 4.78 is 12.3. The third-order valence-corrected chi connectivity index (χ3v) is 2.99. The fraction of sp³-hybridized carbons (Fsp3) is 0.556. The van der Waals surface area contributed by atoms with Crippen LogP contribution in [-0.4, -0.2) is 23.8 Å². The number of nitrogens with zero attached hydrogens (tertiary/aromatic N) is 1. The molecule has 0 fully saturated rings. The first-order valence-corrected chi connectivity index (χ1v) is 5.39. The van der Waals surface area contributed by atoms with Gasteiger partial charge in [0.1, 0.15) is 6.67 Å². The molecule has 0 bridgehead atoms. The molecular formula is C9H14FN3S. The molecule has 3 nitrogen and oxygen atoms in total. The van der Waals surface area contributed by atoms with Crippen molar-refractivity contribution in [3.63, 3.8) is 0 Å². The van der Waals surface area contributed by atoms with E-state index in [4.69, 9.17) is 11.1 Å². The van der Waals surface area contributed by atoms with Gasteiger partial charge < -0.3 is 5.73 Å². The number of amidine groups is 1. The van der Waals surface area contributed by atoms with Crippen molar-refractivity contribution < 1.29 is 4.39 Å². The number of hydrogen-bond donors (Lipinski definition) is 2. The van der Waals surface area contributed by atoms with E-state index >= 15 is 0 Å². The van der Waals surface area contributed by atoms with Crippen LogP contribution in [0.15, 0.2) is 16.8 Å². The number of thioether (sulfide) groups is 1. The molecule has 0 aromatic heterocycles. The van der Waals surface area contributed by atoms with Crippen LogP contribution in [0.3, 0.4) is 0 Å². The highest BCUT2D eigenvalue weighted by molar-refractivity contribution is 8.13. The van der Waals surface area contributed by atoms with Gasteiger partial charge >= 0.3 is 0 Å². The lowest BCUT2D eigenvalue weighted by Crippen LogP contribution is -2.20. The van der Waals surface area contributed by atoms with Crippen molar-refractivity contribution in [3.8, 4) is 0 Å². The Morgan fingerprint density at radius 2 is 2.50 bits per heavy atom. The molecule has 3 N–H and O–H groups in total. The number of nitrogens with one attached hydrogen (secondary N) is 1. The van der Waals surface area contributed by atoms with Gasteiger partial charge in [-0.1, -0.05) is 24.8 Å². The van der Waals surface area contributed by atoms with Crippen LogP contribution in [-0.2, 0) is 0 Å². The maximum atomic E-state index is 12.3. The van der Waals surface area contributed by atoms with E-state index in [2.05, 4.69) is 4.99 Å². The molecule has 14 heavy (non-hydrogen) atoms. The molecule has 0 spiro atoms. The first-order valence-electron chi connectivity index (χ1n) is 4.41. The van der Waals surface area contributed by atoms with Gasteiger partial charge in [-0.2, -0.15) is 0 Å². The topological polar surface area (TPSA) is 62.2 Å². The molecule has 1 aliphatic rings. The fourth-order valence-electron chi connectivity index (χ4n) is 1.26. The first kappa shape index (κ1) is 11.2. The zero-order valence-electron chi connectivity index (χ0n) is 8.03. The number of rotatable bonds is 3. The maximum Gasteiger partial charge on any atom is 0.151 e. The normalized spacial score (nSPS) is 26.0. The summed E-state index contributed by atoms with van der Waals surface area (Å²) >= 11 is 1.30. The Morgan fingerprint density at radius 3 is 3.00 bits per heavy atom. The average molecular weight is 215 g/mol. The average Bonchev–Trinajstić information content (AvgIpc) is 2.15. The molecule has 5 heteroatoms. The summed E-state index contributed by atoms with van der Waals surface area (Å²) in [6.07, 6.45) is 3.60. The number of allylic oxidation sites excluding steroid dienone is 2. The first-order chi connectivity index (χ1) is 6.63. The number of hydrogen-bond acceptors (Lipinski definition) is 3. The Morgan fingerprint density at radius 1 is 1.79 bits per heavy atom. The minimum Gasteiger partial charge on any atom is -0.379 e. The SMILES string of the molecule is CC1C=C(CF)N=CC1CSC(=N)N. The van der Waals surface area contributed by atoms with Gasteiger partial charge in [0.25, 0.3) is 0 Å². The van der Waals surface area contributed by atoms with E-state index in [1.54, 1.807) is 6.21 Å². The summed E-state index contributed by atoms with van der Waals surface area (Å²) in [7, 11) is 0. The van der Waals surface area contributed by atoms with Gasteiger partial charge in [0.05, 0.1) is 5.70 Å². The largest absolute Gasteiger partial charge is 0.379 e. The predicted octanol–water partition coefficient (Wildman–Crippen LogP) is 1.80. The van der Waals surface area contributed by atoms with Crippen LogP contribution >= 0.6 is 11.8 Å². The molecule has 2 unspecified atom stereocenters. The van der Waals surface area contributed by atoms with E-state index in [1.807, 2.05) is 13.0 Å². The van der Waals surface area contributed by atoms with Crippen molar-refractivity contribution in [2.45, 2.75) is 6.92 Å². The lowest BCUT2D eigenvalue weighted by atomic mass is 9.94. The van der Waals surface area contributed by atoms with Gasteiger partial charge in [-0.25, -0.2) is 4.39 Å². The van der Waals surface area contributed by atoms with Crippen molar-refractivity contribution in [3.05, 3.63) is 11.8 Å². The van der Waals surface area contributed by atoms with E-state index in [0.717, 1.165) is 5.75 Å². The van der Waals surface area contributed by atoms with Crippen LogP contribution in [0.1, 0.15) is 6.92 Å².